The smallest absolute Gasteiger partial charge is 0.332 e. The van der Waals surface area contributed by atoms with Crippen LogP contribution >= 0.6 is 0 Å². The van der Waals surface area contributed by atoms with Crippen LogP contribution in [0.5, 0.6) is 0 Å². The van der Waals surface area contributed by atoms with Crippen LogP contribution in [0, 0.1) is 0 Å². The molecule has 19 heavy (non-hydrogen) atoms. The van der Waals surface area contributed by atoms with Gasteiger partial charge in [-0.05, 0) is 19.8 Å². The quantitative estimate of drug-likeness (QED) is 0.850. The Kier molecular flexibility index (Phi) is 3.59. The second-order valence-corrected chi connectivity index (χ2v) is 6.86. The summed E-state index contributed by atoms with van der Waals surface area (Å²) in [6.45, 7) is 1.46. The van der Waals surface area contributed by atoms with Crippen LogP contribution in [0.1, 0.15) is 42.8 Å². The van der Waals surface area contributed by atoms with E-state index in [2.05, 4.69) is 10.1 Å². The highest BCUT2D eigenvalue weighted by Gasteiger charge is 2.35. The summed E-state index contributed by atoms with van der Waals surface area (Å²) in [6, 6.07) is 0. The molecule has 1 aliphatic heterocycles. The molecule has 1 aromatic heterocycles. The molecule has 106 valence electrons. The van der Waals surface area contributed by atoms with Gasteiger partial charge < -0.3 is 14.4 Å². The fourth-order valence-corrected chi connectivity index (χ4v) is 2.21. The maximum Gasteiger partial charge on any atom is 0.332 e. The third-order valence-corrected chi connectivity index (χ3v) is 4.53. The van der Waals surface area contributed by atoms with Crippen LogP contribution in [0.3, 0.4) is 0 Å². The van der Waals surface area contributed by atoms with Crippen molar-refractivity contribution in [1.82, 2.24) is 10.1 Å². The van der Waals surface area contributed by atoms with Crippen LogP contribution in [-0.2, 0) is 19.4 Å². The highest BCUT2D eigenvalue weighted by molar-refractivity contribution is 7.90. The topological polar surface area (TPSA) is 120 Å². The Morgan fingerprint density at radius 1 is 1.47 bits per heavy atom. The molecule has 1 fully saturated rings. The van der Waals surface area contributed by atoms with Crippen molar-refractivity contribution in [2.24, 2.45) is 0 Å². The average Bonchev–Trinajstić information content (AvgIpc) is 2.95. The number of carbonyl (C=O) groups is 1. The van der Waals surface area contributed by atoms with Gasteiger partial charge in [-0.1, -0.05) is 5.16 Å². The minimum atomic E-state index is -3.31. The summed E-state index contributed by atoms with van der Waals surface area (Å²) in [6.07, 6.45) is 0.424. The Morgan fingerprint density at radius 3 is 2.68 bits per heavy atom. The summed E-state index contributed by atoms with van der Waals surface area (Å²) in [4.78, 5) is 14.7. The van der Waals surface area contributed by atoms with Gasteiger partial charge in [0, 0.05) is 6.26 Å². The van der Waals surface area contributed by atoms with E-state index in [0.29, 0.717) is 12.8 Å². The lowest BCUT2D eigenvalue weighted by Gasteiger charge is -2.06. The van der Waals surface area contributed by atoms with Crippen molar-refractivity contribution in [1.29, 1.82) is 0 Å². The molecule has 0 radical (unpaired) electrons. The summed E-state index contributed by atoms with van der Waals surface area (Å²) < 4.78 is 32.9. The number of aromatic nitrogens is 2. The van der Waals surface area contributed by atoms with Crippen LogP contribution in [0.15, 0.2) is 4.52 Å². The molecule has 1 aromatic rings. The highest BCUT2D eigenvalue weighted by Crippen LogP contribution is 2.32. The zero-order valence-electron chi connectivity index (χ0n) is 10.4. The SMILES string of the molecule is CC(c1noc(C2CCC(C(=O)O)O2)n1)S(C)(=O)=O. The number of aliphatic carboxylic acids is 1. The van der Waals surface area contributed by atoms with Crippen molar-refractivity contribution in [3.8, 4) is 0 Å². The molecular formula is C10H14N2O6S. The van der Waals surface area contributed by atoms with E-state index >= 15 is 0 Å². The summed E-state index contributed by atoms with van der Waals surface area (Å²) >= 11 is 0. The predicted octanol–water partition coefficient (Wildman–Crippen LogP) is 0.480. The lowest BCUT2D eigenvalue weighted by Crippen LogP contribution is -2.18. The largest absolute Gasteiger partial charge is 0.479 e. The van der Waals surface area contributed by atoms with E-state index < -0.39 is 33.3 Å². The van der Waals surface area contributed by atoms with Gasteiger partial charge >= 0.3 is 5.97 Å². The molecule has 0 aliphatic carbocycles. The Hall–Kier alpha value is -1.48. The second kappa shape index (κ2) is 4.89. The maximum atomic E-state index is 11.4. The van der Waals surface area contributed by atoms with E-state index in [4.69, 9.17) is 14.4 Å². The Bertz CT molecular complexity index is 581. The van der Waals surface area contributed by atoms with Gasteiger partial charge in [0.25, 0.3) is 5.89 Å². The van der Waals surface area contributed by atoms with Gasteiger partial charge in [-0.25, -0.2) is 13.2 Å². The molecule has 0 spiro atoms. The van der Waals surface area contributed by atoms with Gasteiger partial charge in [0.2, 0.25) is 0 Å². The first-order chi connectivity index (χ1) is 8.79. The number of rotatable bonds is 4. The summed E-state index contributed by atoms with van der Waals surface area (Å²) in [5.74, 6) is -0.860. The zero-order valence-corrected chi connectivity index (χ0v) is 11.3. The van der Waals surface area contributed by atoms with Crippen LogP contribution in [-0.4, -0.2) is 42.0 Å². The molecule has 0 saturated carbocycles. The number of ether oxygens (including phenoxy) is 1. The molecule has 9 heteroatoms. The first-order valence-corrected chi connectivity index (χ1v) is 7.65. The summed E-state index contributed by atoms with van der Waals surface area (Å²) in [5, 5.41) is 11.5. The van der Waals surface area contributed by atoms with Gasteiger partial charge in [-0.15, -0.1) is 0 Å². The van der Waals surface area contributed by atoms with E-state index in [1.807, 2.05) is 0 Å². The van der Waals surface area contributed by atoms with Gasteiger partial charge in [0.15, 0.2) is 21.8 Å². The van der Waals surface area contributed by atoms with E-state index in [0.717, 1.165) is 6.26 Å². The van der Waals surface area contributed by atoms with Gasteiger partial charge in [-0.3, -0.25) is 0 Å². The molecule has 0 aromatic carbocycles. The van der Waals surface area contributed by atoms with Crippen molar-refractivity contribution < 1.29 is 27.6 Å². The van der Waals surface area contributed by atoms with E-state index in [1.165, 1.54) is 6.92 Å². The predicted molar refractivity (Wildman–Crippen MR) is 62.0 cm³/mol. The number of hydrogen-bond donors (Lipinski definition) is 1. The summed E-state index contributed by atoms with van der Waals surface area (Å²) in [7, 11) is -3.31. The van der Waals surface area contributed by atoms with E-state index in [-0.39, 0.29) is 11.7 Å². The Balaban J connectivity index is 2.12. The highest BCUT2D eigenvalue weighted by atomic mass is 32.2. The molecule has 1 saturated heterocycles. The molecule has 3 unspecified atom stereocenters. The van der Waals surface area contributed by atoms with Crippen LogP contribution in [0.25, 0.3) is 0 Å². The minimum absolute atomic E-state index is 0.0554. The normalized spacial score (nSPS) is 25.4. The van der Waals surface area contributed by atoms with Crippen molar-refractivity contribution in [3.05, 3.63) is 11.7 Å². The summed E-state index contributed by atoms with van der Waals surface area (Å²) in [5.41, 5.74) is 0. The Morgan fingerprint density at radius 2 is 2.16 bits per heavy atom. The molecule has 1 aliphatic rings. The fraction of sp³-hybridized carbons (Fsp3) is 0.700. The molecule has 0 bridgehead atoms. The molecule has 2 heterocycles. The van der Waals surface area contributed by atoms with Gasteiger partial charge in [0.1, 0.15) is 11.4 Å². The molecule has 1 N–H and O–H groups in total. The lowest BCUT2D eigenvalue weighted by molar-refractivity contribution is -0.150. The second-order valence-electron chi connectivity index (χ2n) is 4.49. The third kappa shape index (κ3) is 2.92. The Labute approximate surface area is 109 Å². The maximum absolute atomic E-state index is 11.4. The first-order valence-electron chi connectivity index (χ1n) is 5.69. The monoisotopic (exact) mass is 290 g/mol. The van der Waals surface area contributed by atoms with Crippen LogP contribution in [0.2, 0.25) is 0 Å². The fourth-order valence-electron chi connectivity index (χ4n) is 1.74. The van der Waals surface area contributed by atoms with Crippen molar-refractivity contribution in [2.45, 2.75) is 37.2 Å². The number of hydrogen-bond acceptors (Lipinski definition) is 7. The molecule has 0 amide bonds. The molecule has 2 rings (SSSR count). The van der Waals surface area contributed by atoms with E-state index in [9.17, 15) is 13.2 Å². The van der Waals surface area contributed by atoms with Crippen molar-refractivity contribution in [2.75, 3.05) is 6.26 Å². The first kappa shape index (κ1) is 13.9. The number of carboxylic acids is 1. The number of sulfone groups is 1. The van der Waals surface area contributed by atoms with Crippen LogP contribution < -0.4 is 0 Å². The third-order valence-electron chi connectivity index (χ3n) is 3.03. The molecule has 3 atom stereocenters. The molecule has 8 nitrogen and oxygen atoms in total. The molecular weight excluding hydrogens is 276 g/mol. The van der Waals surface area contributed by atoms with Crippen LogP contribution in [0.4, 0.5) is 0 Å². The van der Waals surface area contributed by atoms with Gasteiger partial charge in [0.05, 0.1) is 0 Å². The van der Waals surface area contributed by atoms with Gasteiger partial charge in [-0.2, -0.15) is 4.98 Å². The number of carboxylic acid groups (broad SMARTS) is 1. The zero-order chi connectivity index (χ0) is 14.2. The average molecular weight is 290 g/mol. The standard InChI is InChI=1S/C10H14N2O6S/c1-5(19(2,15)16)8-11-9(18-12-8)6-3-4-7(17-6)10(13)14/h5-7H,3-4H2,1-2H3,(H,13,14). The minimum Gasteiger partial charge on any atom is -0.479 e. The van der Waals surface area contributed by atoms with Crippen molar-refractivity contribution in [3.63, 3.8) is 0 Å². The lowest BCUT2D eigenvalue weighted by atomic mass is 10.2. The number of nitrogens with zero attached hydrogens (tertiary/aromatic N) is 2. The van der Waals surface area contributed by atoms with Crippen molar-refractivity contribution >= 4 is 15.8 Å². The van der Waals surface area contributed by atoms with E-state index in [1.54, 1.807) is 0 Å².